The molecule has 2 rings (SSSR count). The number of benzene rings is 2. The van der Waals surface area contributed by atoms with E-state index in [1.807, 2.05) is 31.1 Å². The SMILES string of the molecule is Cc1cc([N+](=O)[O-])c(Cl)c(S(=O)(=O)NCc2ccc(N(C)C)cc2)c1. The summed E-state index contributed by atoms with van der Waals surface area (Å²) in [6.07, 6.45) is 0. The van der Waals surface area contributed by atoms with Gasteiger partial charge in [-0.05, 0) is 36.2 Å². The summed E-state index contributed by atoms with van der Waals surface area (Å²) in [5.41, 5.74) is 1.75. The van der Waals surface area contributed by atoms with Gasteiger partial charge < -0.3 is 4.90 Å². The third-order valence-electron chi connectivity index (χ3n) is 3.57. The molecule has 2 aromatic rings. The van der Waals surface area contributed by atoms with Crippen molar-refractivity contribution < 1.29 is 13.3 Å². The van der Waals surface area contributed by atoms with Crippen molar-refractivity contribution >= 4 is 33.0 Å². The third kappa shape index (κ3) is 4.47. The van der Waals surface area contributed by atoms with Crippen LogP contribution in [-0.4, -0.2) is 27.4 Å². The minimum absolute atomic E-state index is 0.0497. The lowest BCUT2D eigenvalue weighted by atomic mass is 10.2. The van der Waals surface area contributed by atoms with Crippen LogP contribution in [0.2, 0.25) is 5.02 Å². The molecule has 0 aliphatic carbocycles. The van der Waals surface area contributed by atoms with Crippen LogP contribution >= 0.6 is 11.6 Å². The Bertz CT molecular complexity index is 896. The lowest BCUT2D eigenvalue weighted by Gasteiger charge is -2.13. The fourth-order valence-corrected chi connectivity index (χ4v) is 3.89. The van der Waals surface area contributed by atoms with Gasteiger partial charge in [-0.1, -0.05) is 23.7 Å². The van der Waals surface area contributed by atoms with Crippen LogP contribution in [-0.2, 0) is 16.6 Å². The number of nitrogens with zero attached hydrogens (tertiary/aromatic N) is 2. The van der Waals surface area contributed by atoms with Gasteiger partial charge in [-0.3, -0.25) is 10.1 Å². The van der Waals surface area contributed by atoms with Crippen LogP contribution in [0.25, 0.3) is 0 Å². The van der Waals surface area contributed by atoms with Gasteiger partial charge >= 0.3 is 0 Å². The molecule has 0 spiro atoms. The minimum atomic E-state index is -3.99. The Labute approximate surface area is 151 Å². The summed E-state index contributed by atoms with van der Waals surface area (Å²) in [6, 6.07) is 9.90. The van der Waals surface area contributed by atoms with Gasteiger partial charge in [0.25, 0.3) is 5.69 Å². The van der Waals surface area contributed by atoms with Crippen LogP contribution in [0.15, 0.2) is 41.3 Å². The van der Waals surface area contributed by atoms with Crippen LogP contribution in [0, 0.1) is 17.0 Å². The molecule has 0 aliphatic heterocycles. The van der Waals surface area contributed by atoms with Crippen LogP contribution in [0.4, 0.5) is 11.4 Å². The van der Waals surface area contributed by atoms with E-state index in [0.29, 0.717) is 5.56 Å². The Kier molecular flexibility index (Phi) is 5.66. The van der Waals surface area contributed by atoms with Crippen molar-refractivity contribution in [3.05, 3.63) is 62.7 Å². The number of aryl methyl sites for hydroxylation is 1. The van der Waals surface area contributed by atoms with Crippen molar-refractivity contribution in [2.45, 2.75) is 18.4 Å². The third-order valence-corrected chi connectivity index (χ3v) is 5.50. The number of hydrogen-bond acceptors (Lipinski definition) is 5. The van der Waals surface area contributed by atoms with Crippen molar-refractivity contribution in [1.29, 1.82) is 0 Å². The zero-order valence-corrected chi connectivity index (χ0v) is 15.6. The highest BCUT2D eigenvalue weighted by atomic mass is 35.5. The molecule has 134 valence electrons. The first-order valence-electron chi connectivity index (χ1n) is 7.32. The number of hydrogen-bond donors (Lipinski definition) is 1. The maximum Gasteiger partial charge on any atom is 0.289 e. The lowest BCUT2D eigenvalue weighted by Crippen LogP contribution is -2.24. The number of nitro benzene ring substituents is 1. The van der Waals surface area contributed by atoms with E-state index in [9.17, 15) is 18.5 Å². The van der Waals surface area contributed by atoms with Gasteiger partial charge in [0.1, 0.15) is 9.92 Å². The summed E-state index contributed by atoms with van der Waals surface area (Å²) < 4.78 is 27.4. The summed E-state index contributed by atoms with van der Waals surface area (Å²) >= 11 is 5.93. The smallest absolute Gasteiger partial charge is 0.289 e. The maximum absolute atomic E-state index is 12.5. The Morgan fingerprint density at radius 1 is 1.20 bits per heavy atom. The Hall–Kier alpha value is -2.16. The number of nitrogens with one attached hydrogen (secondary N) is 1. The first kappa shape index (κ1) is 19.2. The Morgan fingerprint density at radius 3 is 2.32 bits per heavy atom. The van der Waals surface area contributed by atoms with Crippen molar-refractivity contribution in [2.24, 2.45) is 0 Å². The molecule has 7 nitrogen and oxygen atoms in total. The summed E-state index contributed by atoms with van der Waals surface area (Å²) in [6.45, 7) is 1.62. The summed E-state index contributed by atoms with van der Waals surface area (Å²) in [5.74, 6) is 0. The molecule has 0 radical (unpaired) electrons. The highest BCUT2D eigenvalue weighted by Crippen LogP contribution is 2.32. The van der Waals surface area contributed by atoms with Crippen molar-refractivity contribution in [3.63, 3.8) is 0 Å². The predicted octanol–water partition coefficient (Wildman–Crippen LogP) is 3.10. The monoisotopic (exact) mass is 383 g/mol. The van der Waals surface area contributed by atoms with Gasteiger partial charge in [0.15, 0.2) is 0 Å². The Balaban J connectivity index is 2.26. The largest absolute Gasteiger partial charge is 0.378 e. The topological polar surface area (TPSA) is 92.5 Å². The van der Waals surface area contributed by atoms with Gasteiger partial charge in [-0.15, -0.1) is 0 Å². The first-order valence-corrected chi connectivity index (χ1v) is 9.18. The predicted molar refractivity (Wildman–Crippen MR) is 97.6 cm³/mol. The summed E-state index contributed by atoms with van der Waals surface area (Å²) in [5, 5.41) is 10.6. The standard InChI is InChI=1S/C16H18ClN3O4S/c1-11-8-14(20(21)22)16(17)15(9-11)25(23,24)18-10-12-4-6-13(7-5-12)19(2)3/h4-9,18H,10H2,1-3H3. The minimum Gasteiger partial charge on any atom is -0.378 e. The van der Waals surface area contributed by atoms with Gasteiger partial charge in [-0.2, -0.15) is 0 Å². The fraction of sp³-hybridized carbons (Fsp3) is 0.250. The van der Waals surface area contributed by atoms with Gasteiger partial charge in [0, 0.05) is 32.4 Å². The second-order valence-electron chi connectivity index (χ2n) is 5.74. The van der Waals surface area contributed by atoms with Gasteiger partial charge in [-0.25, -0.2) is 13.1 Å². The Morgan fingerprint density at radius 2 is 1.80 bits per heavy atom. The molecule has 1 N–H and O–H groups in total. The second-order valence-corrected chi connectivity index (χ2v) is 7.85. The number of rotatable bonds is 6. The van der Waals surface area contributed by atoms with Crippen LogP contribution in [0.5, 0.6) is 0 Å². The maximum atomic E-state index is 12.5. The van der Waals surface area contributed by atoms with E-state index < -0.39 is 25.7 Å². The van der Waals surface area contributed by atoms with E-state index in [0.717, 1.165) is 11.3 Å². The molecule has 25 heavy (non-hydrogen) atoms. The van der Waals surface area contributed by atoms with Gasteiger partial charge in [0.05, 0.1) is 4.92 Å². The molecular weight excluding hydrogens is 366 g/mol. The van der Waals surface area contributed by atoms with E-state index in [1.54, 1.807) is 19.1 Å². The second kappa shape index (κ2) is 7.38. The number of anilines is 1. The molecule has 0 saturated heterocycles. The molecule has 0 bridgehead atoms. The molecule has 0 atom stereocenters. The molecule has 0 heterocycles. The molecule has 9 heteroatoms. The molecule has 0 amide bonds. The van der Waals surface area contributed by atoms with E-state index in [4.69, 9.17) is 11.6 Å². The first-order chi connectivity index (χ1) is 11.6. The average Bonchev–Trinajstić information content (AvgIpc) is 2.54. The normalized spacial score (nSPS) is 11.4. The number of halogens is 1. The molecule has 0 aromatic heterocycles. The summed E-state index contributed by atoms with van der Waals surface area (Å²) in [7, 11) is -0.177. The van der Waals surface area contributed by atoms with E-state index in [1.165, 1.54) is 12.1 Å². The van der Waals surface area contributed by atoms with E-state index in [-0.39, 0.29) is 11.4 Å². The van der Waals surface area contributed by atoms with Crippen molar-refractivity contribution in [2.75, 3.05) is 19.0 Å². The highest BCUT2D eigenvalue weighted by Gasteiger charge is 2.25. The molecule has 0 saturated carbocycles. The van der Waals surface area contributed by atoms with Crippen LogP contribution in [0.1, 0.15) is 11.1 Å². The number of nitro groups is 1. The van der Waals surface area contributed by atoms with Crippen molar-refractivity contribution in [3.8, 4) is 0 Å². The van der Waals surface area contributed by atoms with Crippen LogP contribution in [0.3, 0.4) is 0 Å². The summed E-state index contributed by atoms with van der Waals surface area (Å²) in [4.78, 5) is 12.0. The lowest BCUT2D eigenvalue weighted by molar-refractivity contribution is -0.385. The molecule has 0 aliphatic rings. The molecule has 0 fully saturated rings. The quantitative estimate of drug-likeness (QED) is 0.611. The fourth-order valence-electron chi connectivity index (χ4n) is 2.21. The number of sulfonamides is 1. The van der Waals surface area contributed by atoms with Crippen molar-refractivity contribution in [1.82, 2.24) is 4.72 Å². The highest BCUT2D eigenvalue weighted by molar-refractivity contribution is 7.89. The molecule has 2 aromatic carbocycles. The van der Waals surface area contributed by atoms with E-state index in [2.05, 4.69) is 4.72 Å². The zero-order valence-electron chi connectivity index (χ0n) is 14.0. The zero-order chi connectivity index (χ0) is 18.8. The average molecular weight is 384 g/mol. The van der Waals surface area contributed by atoms with E-state index >= 15 is 0 Å². The molecule has 0 unspecified atom stereocenters. The van der Waals surface area contributed by atoms with Crippen LogP contribution < -0.4 is 9.62 Å². The molecular formula is C16H18ClN3O4S. The van der Waals surface area contributed by atoms with Gasteiger partial charge in [0.2, 0.25) is 10.0 Å².